The molecule has 1 aliphatic rings. The van der Waals surface area contributed by atoms with Crippen molar-refractivity contribution in [2.75, 3.05) is 31.3 Å². The van der Waals surface area contributed by atoms with Crippen molar-refractivity contribution >= 4 is 11.4 Å². The van der Waals surface area contributed by atoms with Crippen molar-refractivity contribution in [3.63, 3.8) is 0 Å². The summed E-state index contributed by atoms with van der Waals surface area (Å²) in [7, 11) is 0. The highest BCUT2D eigenvalue weighted by atomic mass is 16.6. The standard InChI is InChI=1S/C12H16N2O4/c1-9-2-3-10(6-12(9)14(16)17)13-4-5-18-8-11(13)7-15/h2-3,6,11,15H,4-5,7-8H2,1H3. The van der Waals surface area contributed by atoms with Gasteiger partial charge in [-0.2, -0.15) is 0 Å². The molecule has 1 heterocycles. The molecule has 18 heavy (non-hydrogen) atoms. The maximum Gasteiger partial charge on any atom is 0.274 e. The molecule has 1 N–H and O–H groups in total. The molecule has 0 aliphatic carbocycles. The van der Waals surface area contributed by atoms with Crippen molar-refractivity contribution in [2.24, 2.45) is 0 Å². The van der Waals surface area contributed by atoms with Crippen LogP contribution >= 0.6 is 0 Å². The molecule has 0 radical (unpaired) electrons. The Balaban J connectivity index is 2.32. The number of ether oxygens (including phenoxy) is 1. The lowest BCUT2D eigenvalue weighted by molar-refractivity contribution is -0.385. The Bertz CT molecular complexity index is 450. The lowest BCUT2D eigenvalue weighted by Crippen LogP contribution is -2.47. The normalized spacial score (nSPS) is 19.9. The molecule has 6 nitrogen and oxygen atoms in total. The minimum atomic E-state index is -0.382. The third-order valence-corrected chi connectivity index (χ3v) is 3.16. The molecule has 0 saturated carbocycles. The molecule has 0 bridgehead atoms. The van der Waals surface area contributed by atoms with E-state index in [4.69, 9.17) is 4.74 Å². The van der Waals surface area contributed by atoms with Crippen molar-refractivity contribution in [1.29, 1.82) is 0 Å². The molecule has 1 aromatic rings. The molecule has 1 aromatic carbocycles. The first-order valence-corrected chi connectivity index (χ1v) is 5.83. The van der Waals surface area contributed by atoms with Crippen LogP contribution in [-0.2, 0) is 4.74 Å². The van der Waals surface area contributed by atoms with Crippen molar-refractivity contribution < 1.29 is 14.8 Å². The number of benzene rings is 1. The van der Waals surface area contributed by atoms with Crippen molar-refractivity contribution in [2.45, 2.75) is 13.0 Å². The molecule has 2 rings (SSSR count). The number of nitro benzene ring substituents is 1. The molecule has 1 aliphatic heterocycles. The minimum absolute atomic E-state index is 0.0261. The summed E-state index contributed by atoms with van der Waals surface area (Å²) in [5.74, 6) is 0. The molecule has 0 aromatic heterocycles. The quantitative estimate of drug-likeness (QED) is 0.644. The first-order chi connectivity index (χ1) is 8.63. The molecular weight excluding hydrogens is 236 g/mol. The van der Waals surface area contributed by atoms with Crippen molar-refractivity contribution in [3.8, 4) is 0 Å². The second-order valence-corrected chi connectivity index (χ2v) is 4.33. The summed E-state index contributed by atoms with van der Waals surface area (Å²) < 4.78 is 5.29. The van der Waals surface area contributed by atoms with Crippen LogP contribution < -0.4 is 4.90 Å². The Morgan fingerprint density at radius 2 is 2.39 bits per heavy atom. The van der Waals surface area contributed by atoms with Gasteiger partial charge in [-0.1, -0.05) is 6.07 Å². The van der Waals surface area contributed by atoms with E-state index in [1.54, 1.807) is 19.1 Å². The summed E-state index contributed by atoms with van der Waals surface area (Å²) in [6.45, 7) is 3.33. The van der Waals surface area contributed by atoms with E-state index in [0.717, 1.165) is 5.69 Å². The lowest BCUT2D eigenvalue weighted by atomic mass is 10.1. The van der Waals surface area contributed by atoms with E-state index in [2.05, 4.69) is 0 Å². The van der Waals surface area contributed by atoms with Crippen LogP contribution in [0.15, 0.2) is 18.2 Å². The number of hydrogen-bond donors (Lipinski definition) is 1. The molecular formula is C12H16N2O4. The highest BCUT2D eigenvalue weighted by Gasteiger charge is 2.24. The van der Waals surface area contributed by atoms with Crippen LogP contribution in [0.5, 0.6) is 0 Å². The van der Waals surface area contributed by atoms with Crippen molar-refractivity contribution in [3.05, 3.63) is 33.9 Å². The SMILES string of the molecule is Cc1ccc(N2CCOCC2CO)cc1[N+](=O)[O-]. The second kappa shape index (κ2) is 5.32. The number of rotatable bonds is 3. The monoisotopic (exact) mass is 252 g/mol. The average Bonchev–Trinajstić information content (AvgIpc) is 2.39. The Morgan fingerprint density at radius 3 is 3.06 bits per heavy atom. The molecule has 0 spiro atoms. The zero-order valence-corrected chi connectivity index (χ0v) is 10.2. The van der Waals surface area contributed by atoms with E-state index in [1.165, 1.54) is 0 Å². The Hall–Kier alpha value is -1.66. The summed E-state index contributed by atoms with van der Waals surface area (Å²) >= 11 is 0. The van der Waals surface area contributed by atoms with Crippen LogP contribution in [0.1, 0.15) is 5.56 Å². The maximum absolute atomic E-state index is 10.9. The minimum Gasteiger partial charge on any atom is -0.394 e. The molecule has 1 atom stereocenters. The van der Waals surface area contributed by atoms with Crippen LogP contribution in [-0.4, -0.2) is 42.4 Å². The number of nitrogens with zero attached hydrogens (tertiary/aromatic N) is 2. The number of aliphatic hydroxyl groups is 1. The first-order valence-electron chi connectivity index (χ1n) is 5.83. The van der Waals surface area contributed by atoms with Gasteiger partial charge in [-0.25, -0.2) is 0 Å². The van der Waals surface area contributed by atoms with Gasteiger partial charge >= 0.3 is 0 Å². The fourth-order valence-corrected chi connectivity index (χ4v) is 2.12. The number of anilines is 1. The molecule has 1 fully saturated rings. The summed E-state index contributed by atoms with van der Waals surface area (Å²) in [5.41, 5.74) is 1.50. The van der Waals surface area contributed by atoms with Crippen LogP contribution in [0.3, 0.4) is 0 Å². The molecule has 6 heteroatoms. The van der Waals surface area contributed by atoms with Gasteiger partial charge in [-0.15, -0.1) is 0 Å². The van der Waals surface area contributed by atoms with Gasteiger partial charge in [0.2, 0.25) is 0 Å². The number of aliphatic hydroxyl groups excluding tert-OH is 1. The third kappa shape index (κ3) is 2.44. The summed E-state index contributed by atoms with van der Waals surface area (Å²) in [4.78, 5) is 12.5. The average molecular weight is 252 g/mol. The number of hydrogen-bond acceptors (Lipinski definition) is 5. The van der Waals surface area contributed by atoms with Gasteiger partial charge in [0.15, 0.2) is 0 Å². The lowest BCUT2D eigenvalue weighted by Gasteiger charge is -2.36. The zero-order valence-electron chi connectivity index (χ0n) is 10.2. The molecule has 1 unspecified atom stereocenters. The van der Waals surface area contributed by atoms with Crippen LogP contribution in [0, 0.1) is 17.0 Å². The Labute approximate surface area is 105 Å². The van der Waals surface area contributed by atoms with Crippen LogP contribution in [0.25, 0.3) is 0 Å². The zero-order chi connectivity index (χ0) is 13.1. The highest BCUT2D eigenvalue weighted by molar-refractivity contribution is 5.57. The van der Waals surface area contributed by atoms with E-state index in [-0.39, 0.29) is 23.3 Å². The Morgan fingerprint density at radius 1 is 1.61 bits per heavy atom. The predicted octanol–water partition coefficient (Wildman–Crippen LogP) is 1.10. The van der Waals surface area contributed by atoms with E-state index in [0.29, 0.717) is 25.3 Å². The van der Waals surface area contributed by atoms with Gasteiger partial charge in [0.1, 0.15) is 0 Å². The van der Waals surface area contributed by atoms with Gasteiger partial charge in [-0.05, 0) is 13.0 Å². The van der Waals surface area contributed by atoms with Crippen LogP contribution in [0.4, 0.5) is 11.4 Å². The van der Waals surface area contributed by atoms with E-state index < -0.39 is 0 Å². The predicted molar refractivity (Wildman–Crippen MR) is 66.9 cm³/mol. The summed E-state index contributed by atoms with van der Waals surface area (Å²) in [5, 5.41) is 20.2. The van der Waals surface area contributed by atoms with E-state index >= 15 is 0 Å². The fourth-order valence-electron chi connectivity index (χ4n) is 2.12. The second-order valence-electron chi connectivity index (χ2n) is 4.33. The summed E-state index contributed by atoms with van der Waals surface area (Å²) in [6, 6.07) is 5.00. The van der Waals surface area contributed by atoms with Gasteiger partial charge in [-0.3, -0.25) is 10.1 Å². The first kappa shape index (κ1) is 12.8. The molecule has 98 valence electrons. The van der Waals surface area contributed by atoms with Crippen molar-refractivity contribution in [1.82, 2.24) is 0 Å². The maximum atomic E-state index is 10.9. The van der Waals surface area contributed by atoms with Gasteiger partial charge in [0.05, 0.1) is 30.8 Å². The number of morpholine rings is 1. The topological polar surface area (TPSA) is 75.8 Å². The molecule has 0 amide bonds. The Kier molecular flexibility index (Phi) is 3.78. The highest BCUT2D eigenvalue weighted by Crippen LogP contribution is 2.27. The number of nitro groups is 1. The fraction of sp³-hybridized carbons (Fsp3) is 0.500. The third-order valence-electron chi connectivity index (χ3n) is 3.16. The van der Waals surface area contributed by atoms with Gasteiger partial charge < -0.3 is 14.7 Å². The molecule has 1 saturated heterocycles. The van der Waals surface area contributed by atoms with E-state index in [9.17, 15) is 15.2 Å². The largest absolute Gasteiger partial charge is 0.394 e. The van der Waals surface area contributed by atoms with E-state index in [1.807, 2.05) is 11.0 Å². The number of aryl methyl sites for hydroxylation is 1. The smallest absolute Gasteiger partial charge is 0.274 e. The van der Waals surface area contributed by atoms with Crippen LogP contribution in [0.2, 0.25) is 0 Å². The van der Waals surface area contributed by atoms with Gasteiger partial charge in [0.25, 0.3) is 5.69 Å². The summed E-state index contributed by atoms with van der Waals surface area (Å²) in [6.07, 6.45) is 0. The van der Waals surface area contributed by atoms with Gasteiger partial charge in [0, 0.05) is 23.9 Å².